The molecule has 0 bridgehead atoms. The summed E-state index contributed by atoms with van der Waals surface area (Å²) in [4.78, 5) is 22.4. The molecule has 0 aliphatic heterocycles. The maximum atomic E-state index is 11.2. The zero-order chi connectivity index (χ0) is 10.9. The molecule has 14 heavy (non-hydrogen) atoms. The molecule has 0 radical (unpaired) electrons. The van der Waals surface area contributed by atoms with E-state index in [-0.39, 0.29) is 16.5 Å². The number of ketones is 1. The van der Waals surface area contributed by atoms with Crippen LogP contribution in [0.15, 0.2) is 10.1 Å². The first-order chi connectivity index (χ1) is 6.49. The molecule has 0 aromatic carbocycles. The molecule has 78 valence electrons. The Kier molecular flexibility index (Phi) is 3.41. The third-order valence-electron chi connectivity index (χ3n) is 1.96. The van der Waals surface area contributed by atoms with E-state index >= 15 is 0 Å². The molecule has 1 aliphatic rings. The van der Waals surface area contributed by atoms with Crippen LogP contribution >= 0.6 is 15.9 Å². The largest absolute Gasteiger partial charge is 0.466 e. The second-order valence-corrected chi connectivity index (χ2v) is 3.66. The van der Waals surface area contributed by atoms with Gasteiger partial charge in [0.15, 0.2) is 0 Å². The van der Waals surface area contributed by atoms with E-state index in [0.717, 1.165) is 0 Å². The Hall–Kier alpha value is -0.720. The number of esters is 1. The van der Waals surface area contributed by atoms with E-state index in [2.05, 4.69) is 20.7 Å². The van der Waals surface area contributed by atoms with Crippen molar-refractivity contribution in [3.8, 4) is 0 Å². The van der Waals surface area contributed by atoms with Crippen molar-refractivity contribution in [2.24, 2.45) is 0 Å². The van der Waals surface area contributed by atoms with E-state index in [1.165, 1.54) is 7.11 Å². The number of methoxy groups -OCH3 is 1. The van der Waals surface area contributed by atoms with Gasteiger partial charge in [0.2, 0.25) is 5.78 Å². The fourth-order valence-electron chi connectivity index (χ4n) is 1.16. The monoisotopic (exact) mass is 264 g/mol. The third kappa shape index (κ3) is 1.87. The van der Waals surface area contributed by atoms with E-state index in [9.17, 15) is 19.8 Å². The van der Waals surface area contributed by atoms with Gasteiger partial charge in [-0.05, 0) is 15.9 Å². The van der Waals surface area contributed by atoms with Crippen molar-refractivity contribution < 1.29 is 24.5 Å². The number of hydrogen-bond acceptors (Lipinski definition) is 5. The van der Waals surface area contributed by atoms with Gasteiger partial charge in [-0.2, -0.15) is 0 Å². The van der Waals surface area contributed by atoms with Gasteiger partial charge >= 0.3 is 5.97 Å². The number of hydrogen-bond donors (Lipinski definition) is 2. The van der Waals surface area contributed by atoms with Gasteiger partial charge in [-0.25, -0.2) is 4.79 Å². The van der Waals surface area contributed by atoms with Crippen LogP contribution in [0.3, 0.4) is 0 Å². The predicted octanol–water partition coefficient (Wildman–Crippen LogP) is -0.497. The molecule has 0 heterocycles. The number of aliphatic hydroxyl groups is 2. The number of rotatable bonds is 1. The summed E-state index contributed by atoms with van der Waals surface area (Å²) in [5.41, 5.74) is 0.0512. The molecule has 0 aromatic rings. The SMILES string of the molecule is COC(=O)C1=C(Br)C(=O)[C@@H](O)[C@H](O)C1. The Morgan fingerprint density at radius 1 is 1.57 bits per heavy atom. The molecule has 1 rings (SSSR count). The van der Waals surface area contributed by atoms with E-state index in [1.807, 2.05) is 0 Å². The summed E-state index contributed by atoms with van der Waals surface area (Å²) in [5, 5.41) is 18.4. The maximum absolute atomic E-state index is 11.2. The Labute approximate surface area is 88.5 Å². The Morgan fingerprint density at radius 2 is 2.14 bits per heavy atom. The molecule has 1 aliphatic carbocycles. The molecular weight excluding hydrogens is 256 g/mol. The zero-order valence-corrected chi connectivity index (χ0v) is 8.94. The van der Waals surface area contributed by atoms with Crippen LogP contribution in [0.4, 0.5) is 0 Å². The third-order valence-corrected chi connectivity index (χ3v) is 2.83. The summed E-state index contributed by atoms with van der Waals surface area (Å²) >= 11 is 2.89. The average molecular weight is 265 g/mol. The van der Waals surface area contributed by atoms with Gasteiger partial charge in [-0.3, -0.25) is 4.79 Å². The summed E-state index contributed by atoms with van der Waals surface area (Å²) in [6.07, 6.45) is -2.82. The standard InChI is InChI=1S/C8H9BrO5/c1-14-8(13)3-2-4(10)6(11)7(12)5(3)9/h4,6,10-11H,2H2,1H3/t4-,6+/m1/s1. The molecule has 5 nitrogen and oxygen atoms in total. The van der Waals surface area contributed by atoms with Crippen molar-refractivity contribution in [3.05, 3.63) is 10.1 Å². The van der Waals surface area contributed by atoms with Gasteiger partial charge in [-0.15, -0.1) is 0 Å². The van der Waals surface area contributed by atoms with E-state index in [0.29, 0.717) is 0 Å². The second kappa shape index (κ2) is 4.20. The van der Waals surface area contributed by atoms with Crippen molar-refractivity contribution >= 4 is 27.7 Å². The molecule has 0 saturated heterocycles. The van der Waals surface area contributed by atoms with E-state index < -0.39 is 24.0 Å². The lowest BCUT2D eigenvalue weighted by Gasteiger charge is -2.23. The number of halogens is 1. The van der Waals surface area contributed by atoms with Crippen LogP contribution in [0.2, 0.25) is 0 Å². The summed E-state index contributed by atoms with van der Waals surface area (Å²) < 4.78 is 4.39. The summed E-state index contributed by atoms with van der Waals surface area (Å²) in [7, 11) is 1.18. The maximum Gasteiger partial charge on any atom is 0.335 e. The summed E-state index contributed by atoms with van der Waals surface area (Å²) in [6, 6.07) is 0. The van der Waals surface area contributed by atoms with Crippen LogP contribution in [-0.2, 0) is 14.3 Å². The first-order valence-corrected chi connectivity index (χ1v) is 4.65. The van der Waals surface area contributed by atoms with Gasteiger partial charge in [0.25, 0.3) is 0 Å². The van der Waals surface area contributed by atoms with Crippen LogP contribution in [0.25, 0.3) is 0 Å². The smallest absolute Gasteiger partial charge is 0.335 e. The van der Waals surface area contributed by atoms with Crippen molar-refractivity contribution in [2.45, 2.75) is 18.6 Å². The Morgan fingerprint density at radius 3 is 2.64 bits per heavy atom. The minimum Gasteiger partial charge on any atom is -0.466 e. The fraction of sp³-hybridized carbons (Fsp3) is 0.500. The lowest BCUT2D eigenvalue weighted by Crippen LogP contribution is -2.39. The van der Waals surface area contributed by atoms with Crippen LogP contribution in [0.5, 0.6) is 0 Å². The number of ether oxygens (including phenoxy) is 1. The average Bonchev–Trinajstić information content (AvgIpc) is 2.19. The predicted molar refractivity (Wildman–Crippen MR) is 49.6 cm³/mol. The molecule has 0 aromatic heterocycles. The van der Waals surface area contributed by atoms with Crippen molar-refractivity contribution in [1.82, 2.24) is 0 Å². The molecule has 0 unspecified atom stereocenters. The van der Waals surface area contributed by atoms with Gasteiger partial charge in [-0.1, -0.05) is 0 Å². The molecular formula is C8H9BrO5. The highest BCUT2D eigenvalue weighted by Crippen LogP contribution is 2.27. The molecule has 0 saturated carbocycles. The highest BCUT2D eigenvalue weighted by Gasteiger charge is 2.36. The highest BCUT2D eigenvalue weighted by atomic mass is 79.9. The van der Waals surface area contributed by atoms with Crippen LogP contribution < -0.4 is 0 Å². The quantitative estimate of drug-likeness (QED) is 0.624. The van der Waals surface area contributed by atoms with Crippen molar-refractivity contribution in [3.63, 3.8) is 0 Å². The molecule has 0 spiro atoms. The van der Waals surface area contributed by atoms with Gasteiger partial charge in [0, 0.05) is 6.42 Å². The molecule has 6 heteroatoms. The van der Waals surface area contributed by atoms with E-state index in [4.69, 9.17) is 0 Å². The summed E-state index contributed by atoms with van der Waals surface area (Å²) in [5.74, 6) is -1.39. The molecule has 2 N–H and O–H groups in total. The lowest BCUT2D eigenvalue weighted by atomic mass is 9.93. The molecule has 2 atom stereocenters. The van der Waals surface area contributed by atoms with Crippen LogP contribution in [0.1, 0.15) is 6.42 Å². The van der Waals surface area contributed by atoms with Crippen LogP contribution in [-0.4, -0.2) is 41.3 Å². The van der Waals surface area contributed by atoms with Gasteiger partial charge in [0.05, 0.1) is 23.3 Å². The highest BCUT2D eigenvalue weighted by molar-refractivity contribution is 9.12. The van der Waals surface area contributed by atoms with Crippen LogP contribution in [0, 0.1) is 0 Å². The first-order valence-electron chi connectivity index (χ1n) is 3.86. The Bertz CT molecular complexity index is 309. The summed E-state index contributed by atoms with van der Waals surface area (Å²) in [6.45, 7) is 0. The number of carbonyl (C=O) groups excluding carboxylic acids is 2. The first kappa shape index (κ1) is 11.4. The van der Waals surface area contributed by atoms with Crippen molar-refractivity contribution in [1.29, 1.82) is 0 Å². The fourth-order valence-corrected chi connectivity index (χ4v) is 1.72. The zero-order valence-electron chi connectivity index (χ0n) is 7.36. The topological polar surface area (TPSA) is 83.8 Å². The normalized spacial score (nSPS) is 27.9. The van der Waals surface area contributed by atoms with Gasteiger partial charge < -0.3 is 14.9 Å². The molecule has 0 fully saturated rings. The Balaban J connectivity index is 3.05. The second-order valence-electron chi connectivity index (χ2n) is 2.86. The van der Waals surface area contributed by atoms with Gasteiger partial charge in [0.1, 0.15) is 6.10 Å². The number of aliphatic hydroxyl groups excluding tert-OH is 2. The van der Waals surface area contributed by atoms with E-state index in [1.54, 1.807) is 0 Å². The minimum absolute atomic E-state index is 0.0258. The minimum atomic E-state index is -1.47. The molecule has 0 amide bonds. The number of carbonyl (C=O) groups is 2. The van der Waals surface area contributed by atoms with Crippen molar-refractivity contribution in [2.75, 3.05) is 7.11 Å². The lowest BCUT2D eigenvalue weighted by molar-refractivity contribution is -0.139. The number of Topliss-reactive ketones (excluding diaryl/α,β-unsaturated/α-hetero) is 1.